The van der Waals surface area contributed by atoms with Gasteiger partial charge < -0.3 is 15.6 Å². The summed E-state index contributed by atoms with van der Waals surface area (Å²) < 4.78 is 5.75. The van der Waals surface area contributed by atoms with Crippen LogP contribution in [-0.2, 0) is 0 Å². The molecule has 2 fully saturated rings. The molecular formula is C15H14N2O2. The van der Waals surface area contributed by atoms with Gasteiger partial charge in [-0.1, -0.05) is 0 Å². The summed E-state index contributed by atoms with van der Waals surface area (Å²) in [5.74, 6) is 4.34. The lowest BCUT2D eigenvalue weighted by Gasteiger charge is -2.11. The molecule has 2 atom stereocenters. The second-order valence-electron chi connectivity index (χ2n) is 5.33. The van der Waals surface area contributed by atoms with Gasteiger partial charge in [0, 0.05) is 17.8 Å². The number of phenols is 1. The lowest BCUT2D eigenvalue weighted by atomic mass is 10.0. The molecule has 2 aliphatic rings. The molecule has 2 aliphatic carbocycles. The quantitative estimate of drug-likeness (QED) is 0.883. The molecule has 2 aromatic rings. The molecule has 0 saturated heterocycles. The Hall–Kier alpha value is -2.23. The van der Waals surface area contributed by atoms with E-state index in [2.05, 4.69) is 4.98 Å². The maximum absolute atomic E-state index is 9.91. The molecular weight excluding hydrogens is 240 g/mol. The minimum atomic E-state index is 0.374. The van der Waals surface area contributed by atoms with Crippen molar-refractivity contribution in [3.63, 3.8) is 0 Å². The summed E-state index contributed by atoms with van der Waals surface area (Å²) >= 11 is 0. The van der Waals surface area contributed by atoms with Gasteiger partial charge >= 0.3 is 0 Å². The van der Waals surface area contributed by atoms with Crippen molar-refractivity contribution < 1.29 is 9.84 Å². The number of nitrogens with zero attached hydrogens (tertiary/aromatic N) is 1. The molecule has 0 aliphatic heterocycles. The lowest BCUT2D eigenvalue weighted by molar-refractivity contribution is 0.454. The number of hydrogen-bond acceptors (Lipinski definition) is 4. The van der Waals surface area contributed by atoms with E-state index in [4.69, 9.17) is 10.5 Å². The molecule has 4 nitrogen and oxygen atoms in total. The van der Waals surface area contributed by atoms with Gasteiger partial charge in [0.15, 0.2) is 0 Å². The monoisotopic (exact) mass is 254 g/mol. The smallest absolute Gasteiger partial charge is 0.132 e. The van der Waals surface area contributed by atoms with Gasteiger partial charge in [-0.15, -0.1) is 0 Å². The number of phenolic OH excluding ortho intramolecular Hbond substituents is 1. The summed E-state index contributed by atoms with van der Waals surface area (Å²) in [6.07, 6.45) is 2.93. The fraction of sp³-hybridized carbons (Fsp3) is 0.267. The number of pyridine rings is 1. The molecule has 0 amide bonds. The van der Waals surface area contributed by atoms with Crippen molar-refractivity contribution in [1.29, 1.82) is 0 Å². The Morgan fingerprint density at radius 3 is 2.63 bits per heavy atom. The first-order valence-electron chi connectivity index (χ1n) is 6.44. The van der Waals surface area contributed by atoms with Crippen LogP contribution in [0.4, 0.5) is 5.82 Å². The number of aromatic nitrogens is 1. The molecule has 4 heteroatoms. The normalized spacial score (nSPS) is 26.6. The minimum Gasteiger partial charge on any atom is -0.508 e. The highest BCUT2D eigenvalue weighted by molar-refractivity contribution is 5.49. The topological polar surface area (TPSA) is 68.4 Å². The van der Waals surface area contributed by atoms with E-state index in [0.717, 1.165) is 23.1 Å². The van der Waals surface area contributed by atoms with E-state index in [9.17, 15) is 5.11 Å². The highest BCUT2D eigenvalue weighted by atomic mass is 16.5. The number of nitrogens with two attached hydrogens (primary N) is 1. The van der Waals surface area contributed by atoms with E-state index >= 15 is 0 Å². The van der Waals surface area contributed by atoms with Gasteiger partial charge in [-0.25, -0.2) is 4.98 Å². The van der Waals surface area contributed by atoms with Gasteiger partial charge in [-0.3, -0.25) is 0 Å². The van der Waals surface area contributed by atoms with Crippen LogP contribution in [0.1, 0.15) is 17.9 Å². The zero-order chi connectivity index (χ0) is 13.0. The van der Waals surface area contributed by atoms with Crippen molar-refractivity contribution >= 4 is 5.82 Å². The maximum Gasteiger partial charge on any atom is 0.132 e. The highest BCUT2D eigenvalue weighted by Gasteiger charge is 2.65. The second-order valence-corrected chi connectivity index (χ2v) is 5.33. The van der Waals surface area contributed by atoms with Crippen molar-refractivity contribution in [1.82, 2.24) is 4.98 Å². The fourth-order valence-corrected chi connectivity index (χ4v) is 2.73. The molecule has 3 N–H and O–H groups in total. The van der Waals surface area contributed by atoms with Gasteiger partial charge in [0.25, 0.3) is 0 Å². The summed E-state index contributed by atoms with van der Waals surface area (Å²) in [4.78, 5) is 3.92. The van der Waals surface area contributed by atoms with Crippen LogP contribution in [0.5, 0.6) is 17.2 Å². The Bertz CT molecular complexity index is 648. The van der Waals surface area contributed by atoms with Crippen LogP contribution < -0.4 is 10.5 Å². The number of rotatable bonds is 3. The van der Waals surface area contributed by atoms with Crippen molar-refractivity contribution in [2.75, 3.05) is 5.73 Å². The third kappa shape index (κ3) is 1.80. The standard InChI is InChI=1S/C15H14N2O2/c16-14-6-9(3-4-17-14)19-8-1-2-13(18)12(5-8)15-10-7-11(10)15/h1-6,10-11,15,18H,7H2,(H2,16,17). The SMILES string of the molecule is Nc1cc(Oc2ccc(O)c(C3C4CC43)c2)ccn1. The third-order valence-electron chi connectivity index (χ3n) is 4.02. The third-order valence-corrected chi connectivity index (χ3v) is 4.02. The zero-order valence-corrected chi connectivity index (χ0v) is 10.3. The largest absolute Gasteiger partial charge is 0.508 e. The predicted molar refractivity (Wildman–Crippen MR) is 71.2 cm³/mol. The van der Waals surface area contributed by atoms with E-state index in [1.807, 2.05) is 6.07 Å². The molecule has 0 radical (unpaired) electrons. The van der Waals surface area contributed by atoms with E-state index in [-0.39, 0.29) is 0 Å². The predicted octanol–water partition coefficient (Wildman–Crippen LogP) is 2.90. The van der Waals surface area contributed by atoms with Crippen LogP contribution in [0, 0.1) is 11.8 Å². The van der Waals surface area contributed by atoms with Crippen molar-refractivity contribution in [3.8, 4) is 17.2 Å². The van der Waals surface area contributed by atoms with E-state index in [0.29, 0.717) is 23.2 Å². The van der Waals surface area contributed by atoms with Gasteiger partial charge in [0.05, 0.1) is 0 Å². The molecule has 0 bridgehead atoms. The van der Waals surface area contributed by atoms with Crippen molar-refractivity contribution in [3.05, 3.63) is 42.1 Å². The number of ether oxygens (including phenoxy) is 1. The Morgan fingerprint density at radius 2 is 1.95 bits per heavy atom. The summed E-state index contributed by atoms with van der Waals surface area (Å²) in [6.45, 7) is 0. The molecule has 4 rings (SSSR count). The minimum absolute atomic E-state index is 0.374. The summed E-state index contributed by atoms with van der Waals surface area (Å²) in [5, 5.41) is 9.91. The number of benzene rings is 1. The van der Waals surface area contributed by atoms with E-state index < -0.39 is 0 Å². The Labute approximate surface area is 110 Å². The van der Waals surface area contributed by atoms with Crippen LogP contribution in [0.3, 0.4) is 0 Å². The van der Waals surface area contributed by atoms with Gasteiger partial charge in [-0.05, 0) is 48.4 Å². The summed E-state index contributed by atoms with van der Waals surface area (Å²) in [6, 6.07) is 8.85. The van der Waals surface area contributed by atoms with Crippen LogP contribution in [0.2, 0.25) is 0 Å². The summed E-state index contributed by atoms with van der Waals surface area (Å²) in [5.41, 5.74) is 6.63. The first-order valence-corrected chi connectivity index (χ1v) is 6.44. The van der Waals surface area contributed by atoms with Gasteiger partial charge in [0.1, 0.15) is 23.1 Å². The number of nitrogen functional groups attached to an aromatic ring is 1. The lowest BCUT2D eigenvalue weighted by Crippen LogP contribution is -1.93. The first-order chi connectivity index (χ1) is 9.22. The van der Waals surface area contributed by atoms with Crippen LogP contribution in [0.15, 0.2) is 36.5 Å². The van der Waals surface area contributed by atoms with E-state index in [1.54, 1.807) is 30.5 Å². The van der Waals surface area contributed by atoms with Crippen molar-refractivity contribution in [2.45, 2.75) is 12.3 Å². The van der Waals surface area contributed by atoms with Gasteiger partial charge in [-0.2, -0.15) is 0 Å². The molecule has 2 unspecified atom stereocenters. The highest BCUT2D eigenvalue weighted by Crippen LogP contribution is 2.74. The average molecular weight is 254 g/mol. The molecule has 96 valence electrons. The van der Waals surface area contributed by atoms with Gasteiger partial charge in [0.2, 0.25) is 0 Å². The molecule has 2 saturated carbocycles. The molecule has 1 aromatic carbocycles. The second kappa shape index (κ2) is 3.63. The van der Waals surface area contributed by atoms with Crippen LogP contribution in [0.25, 0.3) is 0 Å². The number of anilines is 1. The van der Waals surface area contributed by atoms with E-state index in [1.165, 1.54) is 6.42 Å². The Morgan fingerprint density at radius 1 is 1.16 bits per heavy atom. The van der Waals surface area contributed by atoms with Crippen LogP contribution in [-0.4, -0.2) is 10.1 Å². The maximum atomic E-state index is 9.91. The summed E-state index contributed by atoms with van der Waals surface area (Å²) in [7, 11) is 0. The number of fused-ring (bicyclic) bond motifs is 1. The Kier molecular flexibility index (Phi) is 2.04. The molecule has 0 spiro atoms. The molecule has 1 heterocycles. The van der Waals surface area contributed by atoms with Crippen molar-refractivity contribution in [2.24, 2.45) is 11.8 Å². The average Bonchev–Trinajstić information content (AvgIpc) is 3.24. The zero-order valence-electron chi connectivity index (χ0n) is 10.3. The number of hydrogen-bond donors (Lipinski definition) is 2. The molecule has 1 aromatic heterocycles. The first kappa shape index (κ1) is 10.7. The van der Waals surface area contributed by atoms with Crippen LogP contribution >= 0.6 is 0 Å². The fourth-order valence-electron chi connectivity index (χ4n) is 2.73. The Balaban J connectivity index is 1.61. The molecule has 19 heavy (non-hydrogen) atoms. The number of aromatic hydroxyl groups is 1.